The lowest BCUT2D eigenvalue weighted by Crippen LogP contribution is -2.53. The van der Waals surface area contributed by atoms with Crippen LogP contribution in [0, 0.1) is 11.3 Å². The molecule has 0 bridgehead atoms. The average Bonchev–Trinajstić information content (AvgIpc) is 2.85. The minimum atomic E-state index is -0.308. The molecule has 0 aromatic heterocycles. The molecular formula is C16H31ClN2O. The van der Waals surface area contributed by atoms with Crippen LogP contribution in [0.15, 0.2) is 0 Å². The summed E-state index contributed by atoms with van der Waals surface area (Å²) in [6.07, 6.45) is 10.6. The maximum absolute atomic E-state index is 12.4. The molecule has 0 aliphatic heterocycles. The lowest BCUT2D eigenvalue weighted by Gasteiger charge is -2.38. The number of amides is 1. The van der Waals surface area contributed by atoms with E-state index in [-0.39, 0.29) is 29.8 Å². The van der Waals surface area contributed by atoms with E-state index in [1.807, 2.05) is 6.92 Å². The first kappa shape index (κ1) is 17.8. The molecule has 2 rings (SSSR count). The highest BCUT2D eigenvalue weighted by Gasteiger charge is 2.39. The molecule has 2 fully saturated rings. The van der Waals surface area contributed by atoms with Crippen LogP contribution in [-0.4, -0.2) is 18.0 Å². The Morgan fingerprint density at radius 2 is 1.80 bits per heavy atom. The molecule has 2 aliphatic carbocycles. The quantitative estimate of drug-likeness (QED) is 0.836. The monoisotopic (exact) mass is 302 g/mol. The highest BCUT2D eigenvalue weighted by atomic mass is 35.5. The molecule has 0 spiro atoms. The first-order valence-corrected chi connectivity index (χ1v) is 8.06. The third-order valence-electron chi connectivity index (χ3n) is 5.62. The van der Waals surface area contributed by atoms with Crippen LogP contribution in [0.4, 0.5) is 0 Å². The molecule has 0 saturated heterocycles. The van der Waals surface area contributed by atoms with E-state index in [1.165, 1.54) is 32.1 Å². The normalized spacial score (nSPS) is 32.5. The second kappa shape index (κ2) is 7.13. The zero-order valence-corrected chi connectivity index (χ0v) is 13.9. The van der Waals surface area contributed by atoms with E-state index in [1.54, 1.807) is 0 Å². The first-order valence-electron chi connectivity index (χ1n) is 8.06. The summed E-state index contributed by atoms with van der Waals surface area (Å²) in [4.78, 5) is 12.4. The molecule has 0 aromatic rings. The number of nitrogens with two attached hydrogens (primary N) is 1. The van der Waals surface area contributed by atoms with Gasteiger partial charge in [-0.25, -0.2) is 0 Å². The Bertz CT molecular complexity index is 324. The van der Waals surface area contributed by atoms with Gasteiger partial charge in [0.2, 0.25) is 5.91 Å². The van der Waals surface area contributed by atoms with Crippen molar-refractivity contribution in [1.29, 1.82) is 0 Å². The highest BCUT2D eigenvalue weighted by Crippen LogP contribution is 2.40. The van der Waals surface area contributed by atoms with Gasteiger partial charge in [-0.1, -0.05) is 32.6 Å². The van der Waals surface area contributed by atoms with Crippen molar-refractivity contribution >= 4 is 18.3 Å². The summed E-state index contributed by atoms with van der Waals surface area (Å²) in [7, 11) is 0. The van der Waals surface area contributed by atoms with Gasteiger partial charge in [-0.3, -0.25) is 4.79 Å². The van der Waals surface area contributed by atoms with E-state index in [0.29, 0.717) is 5.41 Å². The SMILES string of the molecule is CCC1(CNC(=O)C2CCCCC2(C)N)CCCC1.Cl. The van der Waals surface area contributed by atoms with E-state index in [4.69, 9.17) is 5.73 Å². The summed E-state index contributed by atoms with van der Waals surface area (Å²) in [6.45, 7) is 5.15. The van der Waals surface area contributed by atoms with Crippen LogP contribution in [0.25, 0.3) is 0 Å². The number of hydrogen-bond donors (Lipinski definition) is 2. The summed E-state index contributed by atoms with van der Waals surface area (Å²) in [6, 6.07) is 0. The maximum Gasteiger partial charge on any atom is 0.224 e. The van der Waals surface area contributed by atoms with Crippen molar-refractivity contribution in [2.24, 2.45) is 17.1 Å². The molecule has 118 valence electrons. The van der Waals surface area contributed by atoms with Crippen molar-refractivity contribution in [2.75, 3.05) is 6.54 Å². The van der Waals surface area contributed by atoms with Gasteiger partial charge in [0.1, 0.15) is 0 Å². The average molecular weight is 303 g/mol. The van der Waals surface area contributed by atoms with E-state index in [9.17, 15) is 4.79 Å². The molecule has 2 aliphatic rings. The molecule has 20 heavy (non-hydrogen) atoms. The fourth-order valence-electron chi connectivity index (χ4n) is 3.97. The minimum absolute atomic E-state index is 0. The Kier molecular flexibility index (Phi) is 6.33. The van der Waals surface area contributed by atoms with Crippen LogP contribution in [0.5, 0.6) is 0 Å². The lowest BCUT2D eigenvalue weighted by atomic mass is 9.74. The summed E-state index contributed by atoms with van der Waals surface area (Å²) in [5.41, 5.74) is 6.37. The van der Waals surface area contributed by atoms with Gasteiger partial charge in [0.25, 0.3) is 0 Å². The van der Waals surface area contributed by atoms with Crippen molar-refractivity contribution in [3.63, 3.8) is 0 Å². The summed E-state index contributed by atoms with van der Waals surface area (Å²) >= 11 is 0. The van der Waals surface area contributed by atoms with Crippen molar-refractivity contribution in [3.8, 4) is 0 Å². The minimum Gasteiger partial charge on any atom is -0.355 e. The fourth-order valence-corrected chi connectivity index (χ4v) is 3.97. The van der Waals surface area contributed by atoms with Crippen molar-refractivity contribution in [2.45, 2.75) is 77.2 Å². The van der Waals surface area contributed by atoms with Gasteiger partial charge < -0.3 is 11.1 Å². The van der Waals surface area contributed by atoms with Gasteiger partial charge >= 0.3 is 0 Å². The Hall–Kier alpha value is -0.280. The number of halogens is 1. The number of carbonyl (C=O) groups is 1. The molecule has 4 heteroatoms. The van der Waals surface area contributed by atoms with Crippen molar-refractivity contribution < 1.29 is 4.79 Å². The molecule has 0 aromatic carbocycles. The zero-order valence-electron chi connectivity index (χ0n) is 13.0. The molecule has 1 amide bonds. The summed E-state index contributed by atoms with van der Waals surface area (Å²) < 4.78 is 0. The van der Waals surface area contributed by atoms with Crippen LogP contribution >= 0.6 is 12.4 Å². The smallest absolute Gasteiger partial charge is 0.224 e. The molecule has 2 unspecified atom stereocenters. The number of rotatable bonds is 4. The number of carbonyl (C=O) groups excluding carboxylic acids is 1. The largest absolute Gasteiger partial charge is 0.355 e. The molecular weight excluding hydrogens is 272 g/mol. The van der Waals surface area contributed by atoms with Gasteiger partial charge in [0.05, 0.1) is 5.92 Å². The zero-order chi connectivity index (χ0) is 13.9. The Morgan fingerprint density at radius 3 is 2.35 bits per heavy atom. The second-order valence-electron chi connectivity index (χ2n) is 7.08. The molecule has 3 N–H and O–H groups in total. The highest BCUT2D eigenvalue weighted by molar-refractivity contribution is 5.85. The summed E-state index contributed by atoms with van der Waals surface area (Å²) in [5.74, 6) is 0.209. The fraction of sp³-hybridized carbons (Fsp3) is 0.938. The predicted octanol–water partition coefficient (Wildman–Crippen LogP) is 3.40. The first-order chi connectivity index (χ1) is 8.99. The van der Waals surface area contributed by atoms with E-state index < -0.39 is 0 Å². The number of nitrogens with one attached hydrogen (secondary N) is 1. The van der Waals surface area contributed by atoms with E-state index in [2.05, 4.69) is 12.2 Å². The van der Waals surface area contributed by atoms with Gasteiger partial charge in [-0.05, 0) is 44.4 Å². The molecule has 2 saturated carbocycles. The Balaban J connectivity index is 0.00000200. The van der Waals surface area contributed by atoms with Gasteiger partial charge in [0, 0.05) is 12.1 Å². The third kappa shape index (κ3) is 3.88. The van der Waals surface area contributed by atoms with Crippen molar-refractivity contribution in [1.82, 2.24) is 5.32 Å². The molecule has 2 atom stereocenters. The van der Waals surface area contributed by atoms with Gasteiger partial charge in [-0.15, -0.1) is 12.4 Å². The number of hydrogen-bond acceptors (Lipinski definition) is 2. The predicted molar refractivity (Wildman–Crippen MR) is 86.0 cm³/mol. The van der Waals surface area contributed by atoms with Crippen LogP contribution in [0.1, 0.15) is 71.6 Å². The van der Waals surface area contributed by atoms with E-state index >= 15 is 0 Å². The second-order valence-corrected chi connectivity index (χ2v) is 7.08. The standard InChI is InChI=1S/C16H30N2O.ClH/c1-3-16(10-6-7-11-16)12-18-14(19)13-8-4-5-9-15(13,2)17;/h13H,3-12,17H2,1-2H3,(H,18,19);1H. The maximum atomic E-state index is 12.4. The van der Waals surface area contributed by atoms with Gasteiger partial charge in [-0.2, -0.15) is 0 Å². The van der Waals surface area contributed by atoms with Crippen LogP contribution in [0.3, 0.4) is 0 Å². The molecule has 0 heterocycles. The lowest BCUT2D eigenvalue weighted by molar-refractivity contribution is -0.128. The molecule has 0 radical (unpaired) electrons. The van der Waals surface area contributed by atoms with Crippen LogP contribution < -0.4 is 11.1 Å². The summed E-state index contributed by atoms with van der Waals surface area (Å²) in [5, 5.41) is 3.22. The van der Waals surface area contributed by atoms with Crippen LogP contribution in [-0.2, 0) is 4.79 Å². The molecule has 3 nitrogen and oxygen atoms in total. The topological polar surface area (TPSA) is 55.1 Å². The van der Waals surface area contributed by atoms with Crippen molar-refractivity contribution in [3.05, 3.63) is 0 Å². The Morgan fingerprint density at radius 1 is 1.20 bits per heavy atom. The third-order valence-corrected chi connectivity index (χ3v) is 5.62. The van der Waals surface area contributed by atoms with Crippen LogP contribution in [0.2, 0.25) is 0 Å². The van der Waals surface area contributed by atoms with Gasteiger partial charge in [0.15, 0.2) is 0 Å². The van der Waals surface area contributed by atoms with E-state index in [0.717, 1.165) is 32.2 Å². The Labute approximate surface area is 129 Å².